The Morgan fingerprint density at radius 2 is 1.73 bits per heavy atom. The van der Waals surface area contributed by atoms with Gasteiger partial charge in [0.1, 0.15) is 0 Å². The van der Waals surface area contributed by atoms with Crippen LogP contribution in [-0.2, 0) is 10.3 Å². The van der Waals surface area contributed by atoms with E-state index in [1.807, 2.05) is 41.0 Å². The SMILES string of the molecule is NNc1nc2ccccc2n1Cc1ccc(C(Cl)(Cl)Cl)cc1. The number of nitrogen functional groups attached to an aromatic ring is 1. The maximum atomic E-state index is 5.87. The summed E-state index contributed by atoms with van der Waals surface area (Å²) in [5, 5.41) is 0. The second kappa shape index (κ2) is 5.97. The summed E-state index contributed by atoms with van der Waals surface area (Å²) in [4.78, 5) is 4.45. The van der Waals surface area contributed by atoms with Crippen LogP contribution in [0, 0.1) is 0 Å². The third-order valence-corrected chi connectivity index (χ3v) is 4.06. The van der Waals surface area contributed by atoms with Gasteiger partial charge in [-0.05, 0) is 17.7 Å². The molecule has 0 atom stereocenters. The summed E-state index contributed by atoms with van der Waals surface area (Å²) in [5.74, 6) is 6.17. The van der Waals surface area contributed by atoms with Crippen LogP contribution in [0.4, 0.5) is 5.95 Å². The highest BCUT2D eigenvalue weighted by Gasteiger charge is 2.22. The van der Waals surface area contributed by atoms with Gasteiger partial charge in [0.05, 0.1) is 17.6 Å². The van der Waals surface area contributed by atoms with Crippen LogP contribution < -0.4 is 11.3 Å². The Morgan fingerprint density at radius 1 is 1.05 bits per heavy atom. The number of hydrogen-bond donors (Lipinski definition) is 2. The van der Waals surface area contributed by atoms with Gasteiger partial charge in [-0.1, -0.05) is 71.2 Å². The zero-order valence-corrected chi connectivity index (χ0v) is 13.7. The van der Waals surface area contributed by atoms with Crippen LogP contribution in [0.15, 0.2) is 48.5 Å². The van der Waals surface area contributed by atoms with Crippen molar-refractivity contribution in [3.63, 3.8) is 0 Å². The van der Waals surface area contributed by atoms with Crippen molar-refractivity contribution in [2.24, 2.45) is 5.84 Å². The molecular weight excluding hydrogens is 343 g/mol. The second-order valence-electron chi connectivity index (χ2n) is 4.85. The monoisotopic (exact) mass is 354 g/mol. The molecular formula is C15H13Cl3N4. The van der Waals surface area contributed by atoms with E-state index in [4.69, 9.17) is 40.6 Å². The highest BCUT2D eigenvalue weighted by atomic mass is 35.6. The molecule has 22 heavy (non-hydrogen) atoms. The van der Waals surface area contributed by atoms with Gasteiger partial charge in [-0.25, -0.2) is 10.8 Å². The van der Waals surface area contributed by atoms with Crippen LogP contribution in [0.3, 0.4) is 0 Å². The summed E-state index contributed by atoms with van der Waals surface area (Å²) in [7, 11) is 0. The normalized spacial score (nSPS) is 11.8. The first-order valence-electron chi connectivity index (χ1n) is 6.57. The lowest BCUT2D eigenvalue weighted by Crippen LogP contribution is -2.14. The Balaban J connectivity index is 1.96. The largest absolute Gasteiger partial charge is 0.305 e. The number of hydrazine groups is 1. The molecule has 3 aromatic rings. The Labute approximate surface area is 142 Å². The van der Waals surface area contributed by atoms with Crippen LogP contribution in [-0.4, -0.2) is 9.55 Å². The van der Waals surface area contributed by atoms with Crippen molar-refractivity contribution in [3.05, 3.63) is 59.7 Å². The molecule has 0 spiro atoms. The van der Waals surface area contributed by atoms with E-state index in [9.17, 15) is 0 Å². The first kappa shape index (κ1) is 15.4. The minimum absolute atomic E-state index is 0.603. The zero-order valence-electron chi connectivity index (χ0n) is 11.4. The van der Waals surface area contributed by atoms with Crippen molar-refractivity contribution >= 4 is 51.8 Å². The van der Waals surface area contributed by atoms with Gasteiger partial charge in [0, 0.05) is 5.56 Å². The van der Waals surface area contributed by atoms with Crippen LogP contribution in [0.25, 0.3) is 11.0 Å². The number of nitrogens with two attached hydrogens (primary N) is 1. The summed E-state index contributed by atoms with van der Waals surface area (Å²) in [6, 6.07) is 15.3. The fourth-order valence-corrected chi connectivity index (χ4v) is 2.71. The van der Waals surface area contributed by atoms with Crippen molar-refractivity contribution in [2.45, 2.75) is 10.3 Å². The van der Waals surface area contributed by atoms with E-state index in [-0.39, 0.29) is 0 Å². The van der Waals surface area contributed by atoms with E-state index < -0.39 is 3.79 Å². The number of para-hydroxylation sites is 2. The first-order chi connectivity index (χ1) is 10.5. The Bertz CT molecular complexity index is 791. The van der Waals surface area contributed by atoms with Gasteiger partial charge in [-0.15, -0.1) is 0 Å². The van der Waals surface area contributed by atoms with Crippen molar-refractivity contribution in [1.29, 1.82) is 0 Å². The Kier molecular flexibility index (Phi) is 4.19. The van der Waals surface area contributed by atoms with Gasteiger partial charge in [0.2, 0.25) is 9.74 Å². The molecule has 2 aromatic carbocycles. The van der Waals surface area contributed by atoms with Crippen molar-refractivity contribution in [1.82, 2.24) is 9.55 Å². The molecule has 3 rings (SSSR count). The van der Waals surface area contributed by atoms with Gasteiger partial charge in [0.15, 0.2) is 0 Å². The van der Waals surface area contributed by atoms with Gasteiger partial charge in [-0.3, -0.25) is 5.43 Å². The molecule has 114 valence electrons. The lowest BCUT2D eigenvalue weighted by Gasteiger charge is -2.13. The number of imidazole rings is 1. The molecule has 3 N–H and O–H groups in total. The quantitative estimate of drug-likeness (QED) is 0.420. The molecule has 0 unspecified atom stereocenters. The van der Waals surface area contributed by atoms with Crippen LogP contribution in [0.1, 0.15) is 11.1 Å². The van der Waals surface area contributed by atoms with E-state index in [0.717, 1.165) is 16.6 Å². The van der Waals surface area contributed by atoms with Crippen molar-refractivity contribution < 1.29 is 0 Å². The van der Waals surface area contributed by atoms with Gasteiger partial charge in [-0.2, -0.15) is 0 Å². The molecule has 0 saturated heterocycles. The summed E-state index contributed by atoms with van der Waals surface area (Å²) in [6.45, 7) is 0.611. The molecule has 0 radical (unpaired) electrons. The fourth-order valence-electron chi connectivity index (χ4n) is 2.33. The summed E-state index contributed by atoms with van der Waals surface area (Å²) < 4.78 is 0.587. The molecule has 0 bridgehead atoms. The van der Waals surface area contributed by atoms with Crippen LogP contribution in [0.2, 0.25) is 0 Å². The number of nitrogens with one attached hydrogen (secondary N) is 1. The predicted molar refractivity (Wildman–Crippen MR) is 92.3 cm³/mol. The van der Waals surface area contributed by atoms with Crippen molar-refractivity contribution in [2.75, 3.05) is 5.43 Å². The van der Waals surface area contributed by atoms with Crippen LogP contribution >= 0.6 is 34.8 Å². The number of fused-ring (bicyclic) bond motifs is 1. The maximum Gasteiger partial charge on any atom is 0.218 e. The number of aromatic nitrogens is 2. The van der Waals surface area contributed by atoms with Gasteiger partial charge < -0.3 is 4.57 Å². The number of nitrogens with zero attached hydrogens (tertiary/aromatic N) is 2. The Morgan fingerprint density at radius 3 is 2.36 bits per heavy atom. The number of hydrogen-bond acceptors (Lipinski definition) is 3. The highest BCUT2D eigenvalue weighted by molar-refractivity contribution is 6.66. The molecule has 1 aromatic heterocycles. The molecule has 1 heterocycles. The van der Waals surface area contributed by atoms with Gasteiger partial charge in [0.25, 0.3) is 0 Å². The van der Waals surface area contributed by atoms with E-state index in [1.54, 1.807) is 12.1 Å². The summed E-state index contributed by atoms with van der Waals surface area (Å²) in [6.07, 6.45) is 0. The third-order valence-electron chi connectivity index (χ3n) is 3.41. The second-order valence-corrected chi connectivity index (χ2v) is 7.13. The minimum Gasteiger partial charge on any atom is -0.305 e. The molecule has 0 saturated carbocycles. The topological polar surface area (TPSA) is 55.9 Å². The Hall–Kier alpha value is -1.46. The predicted octanol–water partition coefficient (Wildman–Crippen LogP) is 4.20. The lowest BCUT2D eigenvalue weighted by atomic mass is 10.1. The number of anilines is 1. The first-order valence-corrected chi connectivity index (χ1v) is 7.70. The van der Waals surface area contributed by atoms with Gasteiger partial charge >= 0.3 is 0 Å². The number of benzene rings is 2. The number of rotatable bonds is 3. The number of halogens is 3. The van der Waals surface area contributed by atoms with E-state index in [0.29, 0.717) is 18.1 Å². The lowest BCUT2D eigenvalue weighted by molar-refractivity contribution is 0.826. The smallest absolute Gasteiger partial charge is 0.218 e. The van der Waals surface area contributed by atoms with Crippen LogP contribution in [0.5, 0.6) is 0 Å². The van der Waals surface area contributed by atoms with E-state index in [2.05, 4.69) is 10.4 Å². The molecule has 0 aliphatic carbocycles. The molecule has 0 aliphatic heterocycles. The van der Waals surface area contributed by atoms with E-state index >= 15 is 0 Å². The van der Waals surface area contributed by atoms with E-state index in [1.165, 1.54) is 0 Å². The molecule has 0 aliphatic rings. The summed E-state index contributed by atoms with van der Waals surface area (Å²) in [5.41, 5.74) is 6.20. The van der Waals surface area contributed by atoms with Crippen molar-refractivity contribution in [3.8, 4) is 0 Å². The zero-order chi connectivity index (χ0) is 15.7. The average molecular weight is 356 g/mol. The minimum atomic E-state index is -1.41. The number of alkyl halides is 3. The molecule has 0 fully saturated rings. The molecule has 7 heteroatoms. The maximum absolute atomic E-state index is 5.87. The standard InChI is InChI=1S/C15H13Cl3N4/c16-15(17,18)11-7-5-10(6-8-11)9-22-13-4-2-1-3-12(13)20-14(22)21-19/h1-8H,9,19H2,(H,20,21). The third kappa shape index (κ3) is 3.01. The molecule has 0 amide bonds. The molecule has 4 nitrogen and oxygen atoms in total. The fraction of sp³-hybridized carbons (Fsp3) is 0.133. The average Bonchev–Trinajstić information content (AvgIpc) is 2.85. The highest BCUT2D eigenvalue weighted by Crippen LogP contribution is 2.38. The summed E-state index contributed by atoms with van der Waals surface area (Å²) >= 11 is 17.6.